The highest BCUT2D eigenvalue weighted by Gasteiger charge is 2.31. The van der Waals surface area contributed by atoms with Gasteiger partial charge < -0.3 is 13.9 Å². The first kappa shape index (κ1) is 18.9. The van der Waals surface area contributed by atoms with Gasteiger partial charge in [-0.3, -0.25) is 0 Å². The number of hydrogen-bond acceptors (Lipinski definition) is 4. The maximum Gasteiger partial charge on any atom is 0.336 e. The first-order chi connectivity index (χ1) is 15.6. The normalized spacial score (nSPS) is 15.9. The molecule has 3 aromatic carbocycles. The van der Waals surface area contributed by atoms with Gasteiger partial charge in [0.1, 0.15) is 11.4 Å². The summed E-state index contributed by atoms with van der Waals surface area (Å²) in [5.41, 5.74) is 6.80. The molecule has 5 nitrogen and oxygen atoms in total. The van der Waals surface area contributed by atoms with E-state index in [1.165, 1.54) is 11.3 Å². The minimum absolute atomic E-state index is 0.0639. The first-order valence-corrected chi connectivity index (χ1v) is 10.9. The highest BCUT2D eigenvalue weighted by molar-refractivity contribution is 5.83. The van der Waals surface area contributed by atoms with Crippen LogP contribution < -0.4 is 10.5 Å². The molecule has 1 aliphatic rings. The van der Waals surface area contributed by atoms with Crippen molar-refractivity contribution in [2.24, 2.45) is 0 Å². The minimum atomic E-state index is -0.326. The van der Waals surface area contributed by atoms with Crippen LogP contribution in [0.1, 0.15) is 28.4 Å². The fourth-order valence-corrected chi connectivity index (χ4v) is 4.87. The van der Waals surface area contributed by atoms with E-state index in [0.29, 0.717) is 12.3 Å². The molecular weight excluding hydrogens is 398 g/mol. The summed E-state index contributed by atoms with van der Waals surface area (Å²) in [5, 5.41) is 0.963. The SMILES string of the molecule is Cc1cccc(N2CC(c3cc(=O)oc4cc(C)ccc34)c3nc4ccccc4n3C2)c1. The summed E-state index contributed by atoms with van der Waals surface area (Å²) in [5.74, 6) is 0.925. The number of fused-ring (bicyclic) bond motifs is 4. The lowest BCUT2D eigenvalue weighted by Gasteiger charge is -2.36. The third-order valence-corrected chi connectivity index (χ3v) is 6.39. The van der Waals surface area contributed by atoms with Crippen molar-refractivity contribution in [2.75, 3.05) is 11.4 Å². The average molecular weight is 422 g/mol. The molecule has 0 saturated carbocycles. The van der Waals surface area contributed by atoms with Crippen molar-refractivity contribution in [1.82, 2.24) is 9.55 Å². The lowest BCUT2D eigenvalue weighted by atomic mass is 9.93. The summed E-state index contributed by atoms with van der Waals surface area (Å²) >= 11 is 0. The first-order valence-electron chi connectivity index (χ1n) is 10.9. The van der Waals surface area contributed by atoms with E-state index in [9.17, 15) is 4.79 Å². The van der Waals surface area contributed by atoms with Crippen molar-refractivity contribution in [3.8, 4) is 0 Å². The Morgan fingerprint density at radius 2 is 1.78 bits per heavy atom. The van der Waals surface area contributed by atoms with Gasteiger partial charge in [-0.2, -0.15) is 0 Å². The zero-order valence-electron chi connectivity index (χ0n) is 18.1. The number of aromatic nitrogens is 2. The van der Waals surface area contributed by atoms with Crippen LogP contribution >= 0.6 is 0 Å². The molecule has 2 aromatic heterocycles. The van der Waals surface area contributed by atoms with Crippen molar-refractivity contribution in [1.29, 1.82) is 0 Å². The van der Waals surface area contributed by atoms with Gasteiger partial charge in [-0.25, -0.2) is 9.78 Å². The predicted molar refractivity (Wildman–Crippen MR) is 127 cm³/mol. The van der Waals surface area contributed by atoms with Crippen LogP contribution in [0, 0.1) is 13.8 Å². The van der Waals surface area contributed by atoms with Gasteiger partial charge in [0.15, 0.2) is 0 Å². The van der Waals surface area contributed by atoms with Crippen molar-refractivity contribution >= 4 is 27.7 Å². The Bertz CT molecular complexity index is 1550. The monoisotopic (exact) mass is 421 g/mol. The molecule has 0 aliphatic carbocycles. The van der Waals surface area contributed by atoms with Crippen LogP contribution in [0.3, 0.4) is 0 Å². The van der Waals surface area contributed by atoms with E-state index < -0.39 is 0 Å². The zero-order chi connectivity index (χ0) is 21.8. The van der Waals surface area contributed by atoms with Crippen LogP contribution in [0.2, 0.25) is 0 Å². The molecule has 1 atom stereocenters. The minimum Gasteiger partial charge on any atom is -0.423 e. The predicted octanol–water partition coefficient (Wildman–Crippen LogP) is 5.37. The van der Waals surface area contributed by atoms with E-state index >= 15 is 0 Å². The smallest absolute Gasteiger partial charge is 0.336 e. The number of nitrogens with zero attached hydrogens (tertiary/aromatic N) is 3. The van der Waals surface area contributed by atoms with Gasteiger partial charge >= 0.3 is 5.63 Å². The standard InChI is InChI=1S/C27H23N3O2/c1-17-6-5-7-19(12-17)29-15-22(27-28-23-8-3-4-9-24(23)30(27)16-29)21-14-26(31)32-25-13-18(2)10-11-20(21)25/h3-14,22H,15-16H2,1-2H3. The third-order valence-electron chi connectivity index (χ3n) is 6.39. The molecule has 0 spiro atoms. The molecule has 0 saturated heterocycles. The van der Waals surface area contributed by atoms with Crippen LogP contribution in [0.15, 0.2) is 82.0 Å². The van der Waals surface area contributed by atoms with E-state index in [0.717, 1.165) is 39.9 Å². The molecule has 0 bridgehead atoms. The van der Waals surface area contributed by atoms with Crippen molar-refractivity contribution in [3.05, 3.63) is 106 Å². The largest absolute Gasteiger partial charge is 0.423 e. The second-order valence-electron chi connectivity index (χ2n) is 8.66. The maximum absolute atomic E-state index is 12.5. The highest BCUT2D eigenvalue weighted by Crippen LogP contribution is 2.37. The molecular formula is C27H23N3O2. The summed E-state index contributed by atoms with van der Waals surface area (Å²) in [7, 11) is 0. The Morgan fingerprint density at radius 1 is 0.938 bits per heavy atom. The van der Waals surface area contributed by atoms with Gasteiger partial charge in [0, 0.05) is 23.7 Å². The summed E-state index contributed by atoms with van der Waals surface area (Å²) < 4.78 is 7.83. The number of rotatable bonds is 2. The van der Waals surface area contributed by atoms with Crippen molar-refractivity contribution < 1.29 is 4.42 Å². The maximum atomic E-state index is 12.5. The fourth-order valence-electron chi connectivity index (χ4n) is 4.87. The van der Waals surface area contributed by atoms with E-state index in [-0.39, 0.29) is 11.5 Å². The molecule has 158 valence electrons. The Morgan fingerprint density at radius 3 is 2.66 bits per heavy atom. The summed E-state index contributed by atoms with van der Waals surface area (Å²) in [6.45, 7) is 5.57. The van der Waals surface area contributed by atoms with Gasteiger partial charge in [-0.1, -0.05) is 36.4 Å². The van der Waals surface area contributed by atoms with Crippen LogP contribution in [0.5, 0.6) is 0 Å². The van der Waals surface area contributed by atoms with Gasteiger partial charge in [0.05, 0.1) is 23.6 Å². The molecule has 5 aromatic rings. The number of benzene rings is 3. The molecule has 0 radical (unpaired) electrons. The van der Waals surface area contributed by atoms with Crippen LogP contribution in [0.25, 0.3) is 22.0 Å². The quantitative estimate of drug-likeness (QED) is 0.360. The second-order valence-corrected chi connectivity index (χ2v) is 8.66. The number of aryl methyl sites for hydroxylation is 2. The van der Waals surface area contributed by atoms with Crippen LogP contribution in [-0.4, -0.2) is 16.1 Å². The van der Waals surface area contributed by atoms with Gasteiger partial charge in [0.25, 0.3) is 0 Å². The molecule has 6 rings (SSSR count). The summed E-state index contributed by atoms with van der Waals surface area (Å²) in [6, 6.07) is 24.5. The average Bonchev–Trinajstić information content (AvgIpc) is 3.16. The topological polar surface area (TPSA) is 51.3 Å². The molecule has 5 heteroatoms. The number of anilines is 1. The molecule has 0 N–H and O–H groups in total. The van der Waals surface area contributed by atoms with E-state index in [1.807, 2.05) is 25.1 Å². The number of para-hydroxylation sites is 2. The van der Waals surface area contributed by atoms with Crippen LogP contribution in [-0.2, 0) is 6.67 Å². The lowest BCUT2D eigenvalue weighted by molar-refractivity contribution is 0.516. The number of imidazole rings is 1. The summed E-state index contributed by atoms with van der Waals surface area (Å²) in [4.78, 5) is 19.9. The Hall–Kier alpha value is -3.86. The van der Waals surface area contributed by atoms with Crippen molar-refractivity contribution in [3.63, 3.8) is 0 Å². The molecule has 3 heterocycles. The Balaban J connectivity index is 1.60. The molecule has 32 heavy (non-hydrogen) atoms. The van der Waals surface area contributed by atoms with E-state index in [2.05, 4.69) is 64.9 Å². The second kappa shape index (κ2) is 7.09. The number of hydrogen-bond donors (Lipinski definition) is 0. The third kappa shape index (κ3) is 3.01. The van der Waals surface area contributed by atoms with Gasteiger partial charge in [-0.05, 0) is 60.9 Å². The molecule has 0 fully saturated rings. The Labute approximate surface area is 185 Å². The van der Waals surface area contributed by atoms with Gasteiger partial charge in [0.2, 0.25) is 0 Å². The fraction of sp³-hybridized carbons (Fsp3) is 0.185. The lowest BCUT2D eigenvalue weighted by Crippen LogP contribution is -2.38. The van der Waals surface area contributed by atoms with E-state index in [1.54, 1.807) is 6.07 Å². The van der Waals surface area contributed by atoms with Crippen molar-refractivity contribution in [2.45, 2.75) is 26.4 Å². The molecule has 1 unspecified atom stereocenters. The summed E-state index contributed by atoms with van der Waals surface area (Å²) in [6.07, 6.45) is 0. The van der Waals surface area contributed by atoms with Gasteiger partial charge in [-0.15, -0.1) is 0 Å². The van der Waals surface area contributed by atoms with E-state index in [4.69, 9.17) is 9.40 Å². The highest BCUT2D eigenvalue weighted by atomic mass is 16.4. The Kier molecular flexibility index (Phi) is 4.18. The molecule has 0 amide bonds. The zero-order valence-corrected chi connectivity index (χ0v) is 18.1. The van der Waals surface area contributed by atoms with Crippen LogP contribution in [0.4, 0.5) is 5.69 Å². The molecule has 1 aliphatic heterocycles.